The summed E-state index contributed by atoms with van der Waals surface area (Å²) < 4.78 is 31.2. The van der Waals surface area contributed by atoms with E-state index in [2.05, 4.69) is 0 Å². The van der Waals surface area contributed by atoms with Crippen LogP contribution in [0, 0.1) is 11.3 Å². The molecule has 2 aliphatic carbocycles. The average Bonchev–Trinajstić information content (AvgIpc) is 2.48. The lowest BCUT2D eigenvalue weighted by Gasteiger charge is -2.17. The van der Waals surface area contributed by atoms with Gasteiger partial charge in [-0.25, -0.2) is 0 Å². The smallest absolute Gasteiger partial charge is 0.275 e. The first-order chi connectivity index (χ1) is 6.23. The summed E-state index contributed by atoms with van der Waals surface area (Å²) in [6.07, 6.45) is 3.58. The van der Waals surface area contributed by atoms with Crippen LogP contribution in [0.3, 0.4) is 0 Å². The van der Waals surface area contributed by atoms with E-state index in [9.17, 15) is 13.0 Å². The summed E-state index contributed by atoms with van der Waals surface area (Å²) >= 11 is 0. The van der Waals surface area contributed by atoms with E-state index in [4.69, 9.17) is 0 Å². The average molecular weight is 216 g/mol. The SMILES string of the molecule is CC1=CC2(S(=O)(=O)O)C(CC1)C2(C)C. The van der Waals surface area contributed by atoms with Crippen molar-refractivity contribution in [2.75, 3.05) is 0 Å². The van der Waals surface area contributed by atoms with Crippen molar-refractivity contribution in [3.63, 3.8) is 0 Å². The summed E-state index contributed by atoms with van der Waals surface area (Å²) in [6, 6.07) is 0. The van der Waals surface area contributed by atoms with Crippen molar-refractivity contribution in [1.82, 2.24) is 0 Å². The molecule has 1 fully saturated rings. The largest absolute Gasteiger partial charge is 0.285 e. The molecule has 1 N–H and O–H groups in total. The molecule has 0 aromatic carbocycles. The molecule has 0 amide bonds. The van der Waals surface area contributed by atoms with E-state index < -0.39 is 14.9 Å². The minimum atomic E-state index is -3.97. The molecule has 0 saturated heterocycles. The van der Waals surface area contributed by atoms with Crippen LogP contribution < -0.4 is 0 Å². The Kier molecular flexibility index (Phi) is 1.76. The predicted octanol–water partition coefficient (Wildman–Crippen LogP) is 2.01. The van der Waals surface area contributed by atoms with E-state index in [1.165, 1.54) is 0 Å². The molecule has 2 unspecified atom stereocenters. The highest BCUT2D eigenvalue weighted by Crippen LogP contribution is 2.70. The second-order valence-electron chi connectivity index (χ2n) is 5.07. The number of fused-ring (bicyclic) bond motifs is 1. The third-order valence-electron chi connectivity index (χ3n) is 4.03. The van der Waals surface area contributed by atoms with Crippen LogP contribution in [-0.2, 0) is 10.1 Å². The fourth-order valence-corrected chi connectivity index (χ4v) is 4.99. The van der Waals surface area contributed by atoms with Gasteiger partial charge in [0.1, 0.15) is 4.75 Å². The summed E-state index contributed by atoms with van der Waals surface area (Å²) in [5.74, 6) is 0.0914. The Bertz CT molecular complexity index is 405. The Labute approximate surface area is 85.0 Å². The topological polar surface area (TPSA) is 54.4 Å². The van der Waals surface area contributed by atoms with Gasteiger partial charge in [0.05, 0.1) is 0 Å². The van der Waals surface area contributed by atoms with Gasteiger partial charge in [0, 0.05) is 0 Å². The van der Waals surface area contributed by atoms with E-state index in [1.807, 2.05) is 20.8 Å². The van der Waals surface area contributed by atoms with Gasteiger partial charge in [-0.05, 0) is 31.1 Å². The molecule has 0 aromatic rings. The molecule has 0 aliphatic heterocycles. The van der Waals surface area contributed by atoms with Gasteiger partial charge in [-0.3, -0.25) is 4.55 Å². The molecule has 1 saturated carbocycles. The van der Waals surface area contributed by atoms with Crippen LogP contribution in [0.1, 0.15) is 33.6 Å². The minimum Gasteiger partial charge on any atom is -0.285 e. The molecule has 80 valence electrons. The molecule has 4 heteroatoms. The van der Waals surface area contributed by atoms with Crippen molar-refractivity contribution in [3.05, 3.63) is 11.6 Å². The molecule has 0 spiro atoms. The van der Waals surface area contributed by atoms with Crippen LogP contribution in [0.15, 0.2) is 11.6 Å². The van der Waals surface area contributed by atoms with Crippen LogP contribution in [0.2, 0.25) is 0 Å². The highest BCUT2D eigenvalue weighted by molar-refractivity contribution is 7.87. The Morgan fingerprint density at radius 1 is 1.50 bits per heavy atom. The van der Waals surface area contributed by atoms with E-state index in [0.29, 0.717) is 0 Å². The van der Waals surface area contributed by atoms with Crippen LogP contribution >= 0.6 is 0 Å². The first-order valence-corrected chi connectivity index (χ1v) is 6.33. The molecule has 0 radical (unpaired) electrons. The maximum Gasteiger partial charge on any atom is 0.275 e. The standard InChI is InChI=1S/C10H16O3S/c1-7-4-5-8-9(2,3)10(8,6-7)14(11,12)13/h6,8H,4-5H2,1-3H3,(H,11,12,13). The van der Waals surface area contributed by atoms with Gasteiger partial charge in [0.25, 0.3) is 10.1 Å². The molecule has 3 nitrogen and oxygen atoms in total. The van der Waals surface area contributed by atoms with E-state index in [-0.39, 0.29) is 11.3 Å². The molecular weight excluding hydrogens is 200 g/mol. The number of hydrogen-bond donors (Lipinski definition) is 1. The van der Waals surface area contributed by atoms with Crippen LogP contribution in [0.5, 0.6) is 0 Å². The van der Waals surface area contributed by atoms with Gasteiger partial charge in [0.2, 0.25) is 0 Å². The first-order valence-electron chi connectivity index (χ1n) is 4.89. The second-order valence-corrected chi connectivity index (χ2v) is 6.70. The van der Waals surface area contributed by atoms with Gasteiger partial charge in [-0.1, -0.05) is 25.5 Å². The maximum absolute atomic E-state index is 11.4. The number of rotatable bonds is 1. The fraction of sp³-hybridized carbons (Fsp3) is 0.800. The van der Waals surface area contributed by atoms with Gasteiger partial charge < -0.3 is 0 Å². The van der Waals surface area contributed by atoms with Crippen molar-refractivity contribution in [2.45, 2.75) is 38.4 Å². The van der Waals surface area contributed by atoms with Crippen LogP contribution in [-0.4, -0.2) is 17.7 Å². The highest BCUT2D eigenvalue weighted by Gasteiger charge is 2.77. The quantitative estimate of drug-likeness (QED) is 0.539. The summed E-state index contributed by atoms with van der Waals surface area (Å²) in [6.45, 7) is 5.76. The van der Waals surface area contributed by atoms with Crippen molar-refractivity contribution < 1.29 is 13.0 Å². The Balaban J connectivity index is 2.58. The molecule has 14 heavy (non-hydrogen) atoms. The van der Waals surface area contributed by atoms with Gasteiger partial charge in [-0.15, -0.1) is 0 Å². The Hall–Kier alpha value is -0.350. The molecule has 0 heterocycles. The van der Waals surface area contributed by atoms with Gasteiger partial charge in [-0.2, -0.15) is 8.42 Å². The molecule has 2 aliphatic rings. The monoisotopic (exact) mass is 216 g/mol. The van der Waals surface area contributed by atoms with Crippen molar-refractivity contribution in [2.24, 2.45) is 11.3 Å². The Morgan fingerprint density at radius 3 is 2.50 bits per heavy atom. The zero-order chi connectivity index (χ0) is 10.8. The first kappa shape index (κ1) is 10.2. The van der Waals surface area contributed by atoms with Gasteiger partial charge >= 0.3 is 0 Å². The summed E-state index contributed by atoms with van der Waals surface area (Å²) in [4.78, 5) is 0. The van der Waals surface area contributed by atoms with Crippen molar-refractivity contribution in [3.8, 4) is 0 Å². The van der Waals surface area contributed by atoms with Crippen LogP contribution in [0.25, 0.3) is 0 Å². The third-order valence-corrected chi connectivity index (χ3v) is 5.81. The molecule has 0 bridgehead atoms. The molecule has 2 rings (SSSR count). The minimum absolute atomic E-state index is 0.0914. The Morgan fingerprint density at radius 2 is 2.07 bits per heavy atom. The van der Waals surface area contributed by atoms with E-state index in [0.717, 1.165) is 18.4 Å². The lowest BCUT2D eigenvalue weighted by molar-refractivity contribution is 0.457. The lowest BCUT2D eigenvalue weighted by atomic mass is 10.0. The zero-order valence-corrected chi connectivity index (χ0v) is 9.56. The van der Waals surface area contributed by atoms with Crippen LogP contribution in [0.4, 0.5) is 0 Å². The summed E-state index contributed by atoms with van der Waals surface area (Å²) in [7, 11) is -3.97. The summed E-state index contributed by atoms with van der Waals surface area (Å²) in [5.41, 5.74) is 0.766. The molecule has 2 atom stereocenters. The lowest BCUT2D eigenvalue weighted by Crippen LogP contribution is -2.28. The predicted molar refractivity (Wildman–Crippen MR) is 54.5 cm³/mol. The van der Waals surface area contributed by atoms with Gasteiger partial charge in [0.15, 0.2) is 0 Å². The number of allylic oxidation sites excluding steroid dienone is 1. The van der Waals surface area contributed by atoms with E-state index >= 15 is 0 Å². The van der Waals surface area contributed by atoms with Crippen molar-refractivity contribution >= 4 is 10.1 Å². The fourth-order valence-electron chi connectivity index (χ4n) is 3.12. The molecule has 0 aromatic heterocycles. The normalized spacial score (nSPS) is 40.0. The second kappa shape index (κ2) is 2.42. The zero-order valence-electron chi connectivity index (χ0n) is 8.74. The molecular formula is C10H16O3S. The van der Waals surface area contributed by atoms with Crippen molar-refractivity contribution in [1.29, 1.82) is 0 Å². The number of hydrogen-bond acceptors (Lipinski definition) is 2. The summed E-state index contributed by atoms with van der Waals surface area (Å²) in [5, 5.41) is 0. The highest BCUT2D eigenvalue weighted by atomic mass is 32.2. The van der Waals surface area contributed by atoms with E-state index in [1.54, 1.807) is 6.08 Å². The maximum atomic E-state index is 11.4. The third kappa shape index (κ3) is 0.932.